The Hall–Kier alpha value is -2.74. The summed E-state index contributed by atoms with van der Waals surface area (Å²) in [4.78, 5) is 22.2. The zero-order chi connectivity index (χ0) is 18.7. The van der Waals surface area contributed by atoms with Crippen molar-refractivity contribution in [3.05, 3.63) is 48.0 Å². The number of piperidine rings is 1. The van der Waals surface area contributed by atoms with E-state index in [9.17, 15) is 19.4 Å². The van der Waals surface area contributed by atoms with Crippen LogP contribution in [0.15, 0.2) is 36.7 Å². The van der Waals surface area contributed by atoms with Gasteiger partial charge in [0, 0.05) is 13.1 Å². The van der Waals surface area contributed by atoms with Crippen LogP contribution in [0.3, 0.4) is 0 Å². The van der Waals surface area contributed by atoms with Crippen LogP contribution in [0.4, 0.5) is 10.3 Å². The Balaban J connectivity index is 1.90. The number of halogens is 1. The number of benzene rings is 1. The molecule has 1 aromatic carbocycles. The Morgan fingerprint density at radius 3 is 2.77 bits per heavy atom. The third-order valence-corrected chi connectivity index (χ3v) is 4.75. The summed E-state index contributed by atoms with van der Waals surface area (Å²) < 4.78 is 18.5. The van der Waals surface area contributed by atoms with Gasteiger partial charge in [0.15, 0.2) is 5.75 Å². The highest BCUT2D eigenvalue weighted by molar-refractivity contribution is 5.77. The monoisotopic (exact) mass is 361 g/mol. The van der Waals surface area contributed by atoms with Gasteiger partial charge in [-0.1, -0.05) is 12.1 Å². The summed E-state index contributed by atoms with van der Waals surface area (Å²) in [6.07, 6.45) is 2.20. The summed E-state index contributed by atoms with van der Waals surface area (Å²) in [6.45, 7) is 0.442. The third kappa shape index (κ3) is 3.45. The maximum Gasteiger partial charge on any atom is 0.314 e. The van der Waals surface area contributed by atoms with Gasteiger partial charge in [-0.2, -0.15) is 0 Å². The van der Waals surface area contributed by atoms with Crippen LogP contribution in [0.5, 0.6) is 5.75 Å². The van der Waals surface area contributed by atoms with Gasteiger partial charge in [0.2, 0.25) is 5.95 Å². The first-order valence-electron chi connectivity index (χ1n) is 8.21. The van der Waals surface area contributed by atoms with Crippen molar-refractivity contribution in [1.82, 2.24) is 9.97 Å². The number of anilines is 1. The fraction of sp³-hybridized carbons (Fsp3) is 0.389. The smallest absolute Gasteiger partial charge is 0.314 e. The Labute approximate surface area is 150 Å². The Morgan fingerprint density at radius 2 is 2.15 bits per heavy atom. The van der Waals surface area contributed by atoms with E-state index in [2.05, 4.69) is 9.97 Å². The molecule has 26 heavy (non-hydrogen) atoms. The number of ether oxygens (including phenoxy) is 1. The van der Waals surface area contributed by atoms with Crippen molar-refractivity contribution >= 4 is 11.9 Å². The van der Waals surface area contributed by atoms with Gasteiger partial charge in [0.05, 0.1) is 25.6 Å². The lowest BCUT2D eigenvalue weighted by molar-refractivity contribution is -0.157. The highest BCUT2D eigenvalue weighted by Gasteiger charge is 2.49. The minimum atomic E-state index is -1.48. The van der Waals surface area contributed by atoms with Gasteiger partial charge >= 0.3 is 5.97 Å². The number of carboxylic acids is 1. The fourth-order valence-electron chi connectivity index (χ4n) is 3.30. The zero-order valence-electron chi connectivity index (χ0n) is 14.3. The van der Waals surface area contributed by atoms with Crippen molar-refractivity contribution in [2.24, 2.45) is 5.41 Å². The molecule has 0 radical (unpaired) electrons. The number of aliphatic carboxylic acids is 1. The number of aliphatic hydroxyl groups is 1. The number of nitrogens with zero attached hydrogens (tertiary/aromatic N) is 3. The van der Waals surface area contributed by atoms with Gasteiger partial charge in [0.25, 0.3) is 0 Å². The SMILES string of the molecule is COc1cnc(N2CC[C@@H](O)[C@](Cc3cccc(F)c3)(C(=O)O)C2)nc1. The molecule has 2 aromatic rings. The van der Waals surface area contributed by atoms with E-state index in [0.29, 0.717) is 23.8 Å². The maximum absolute atomic E-state index is 13.5. The summed E-state index contributed by atoms with van der Waals surface area (Å²) in [6, 6.07) is 5.77. The lowest BCUT2D eigenvalue weighted by Gasteiger charge is -2.43. The molecule has 0 aliphatic carbocycles. The lowest BCUT2D eigenvalue weighted by atomic mass is 9.73. The van der Waals surface area contributed by atoms with E-state index in [-0.39, 0.29) is 19.4 Å². The number of hydrogen-bond acceptors (Lipinski definition) is 6. The van der Waals surface area contributed by atoms with Crippen LogP contribution in [-0.4, -0.2) is 52.5 Å². The van der Waals surface area contributed by atoms with Crippen LogP contribution in [0.2, 0.25) is 0 Å². The first-order chi connectivity index (χ1) is 12.4. The Bertz CT molecular complexity index is 786. The van der Waals surface area contributed by atoms with Crippen LogP contribution < -0.4 is 9.64 Å². The molecule has 2 heterocycles. The van der Waals surface area contributed by atoms with Crippen molar-refractivity contribution < 1.29 is 24.1 Å². The molecule has 1 saturated heterocycles. The molecule has 2 atom stereocenters. The fourth-order valence-corrected chi connectivity index (χ4v) is 3.30. The van der Waals surface area contributed by atoms with Gasteiger partial charge < -0.3 is 19.8 Å². The summed E-state index contributed by atoms with van der Waals surface area (Å²) >= 11 is 0. The van der Waals surface area contributed by atoms with E-state index in [1.165, 1.54) is 37.7 Å². The minimum Gasteiger partial charge on any atom is -0.494 e. The normalized spacial score (nSPS) is 22.9. The van der Waals surface area contributed by atoms with Crippen LogP contribution in [0, 0.1) is 11.2 Å². The molecular formula is C18H20FN3O4. The van der Waals surface area contributed by atoms with Crippen LogP contribution in [-0.2, 0) is 11.2 Å². The van der Waals surface area contributed by atoms with E-state index in [1.807, 2.05) is 0 Å². The average Bonchev–Trinajstić information content (AvgIpc) is 2.63. The van der Waals surface area contributed by atoms with Crippen molar-refractivity contribution in [3.63, 3.8) is 0 Å². The van der Waals surface area contributed by atoms with Gasteiger partial charge in [-0.05, 0) is 30.5 Å². The molecule has 8 heteroatoms. The largest absolute Gasteiger partial charge is 0.494 e. The number of methoxy groups -OCH3 is 1. The molecule has 1 aromatic heterocycles. The molecule has 1 aliphatic heterocycles. The topological polar surface area (TPSA) is 95.8 Å². The van der Waals surface area contributed by atoms with E-state index in [0.717, 1.165) is 0 Å². The average molecular weight is 361 g/mol. The van der Waals surface area contributed by atoms with Gasteiger partial charge in [0.1, 0.15) is 11.2 Å². The Kier molecular flexibility index (Phi) is 5.03. The number of carbonyl (C=O) groups is 1. The Morgan fingerprint density at radius 1 is 1.42 bits per heavy atom. The number of hydrogen-bond donors (Lipinski definition) is 2. The molecule has 3 rings (SSSR count). The molecule has 2 N–H and O–H groups in total. The standard InChI is InChI=1S/C18H20FN3O4/c1-26-14-9-20-17(21-10-14)22-6-5-15(23)18(11-22,16(24)25)8-12-3-2-4-13(19)7-12/h2-4,7,9-10,15,23H,5-6,8,11H2,1H3,(H,24,25)/t15-,18-/m1/s1. The van der Waals surface area contributed by atoms with Crippen molar-refractivity contribution in [1.29, 1.82) is 0 Å². The van der Waals surface area contributed by atoms with Gasteiger partial charge in [-0.15, -0.1) is 0 Å². The summed E-state index contributed by atoms with van der Waals surface area (Å²) in [5.41, 5.74) is -0.959. The molecule has 0 unspecified atom stereocenters. The van der Waals surface area contributed by atoms with Crippen LogP contribution >= 0.6 is 0 Å². The molecule has 0 saturated carbocycles. The highest BCUT2D eigenvalue weighted by Crippen LogP contribution is 2.36. The van der Waals surface area contributed by atoms with Crippen LogP contribution in [0.1, 0.15) is 12.0 Å². The van der Waals surface area contributed by atoms with E-state index in [1.54, 1.807) is 11.0 Å². The summed E-state index contributed by atoms with van der Waals surface area (Å²) in [7, 11) is 1.50. The predicted molar refractivity (Wildman–Crippen MR) is 91.6 cm³/mol. The number of carboxylic acid groups (broad SMARTS) is 1. The van der Waals surface area contributed by atoms with Gasteiger partial charge in [-0.25, -0.2) is 14.4 Å². The molecule has 0 spiro atoms. The number of rotatable bonds is 5. The van der Waals surface area contributed by atoms with E-state index in [4.69, 9.17) is 4.74 Å². The third-order valence-electron chi connectivity index (χ3n) is 4.75. The molecule has 7 nitrogen and oxygen atoms in total. The van der Waals surface area contributed by atoms with Crippen molar-refractivity contribution in [2.45, 2.75) is 18.9 Å². The lowest BCUT2D eigenvalue weighted by Crippen LogP contribution is -2.57. The number of aliphatic hydroxyl groups excluding tert-OH is 1. The van der Waals surface area contributed by atoms with Crippen LogP contribution in [0.25, 0.3) is 0 Å². The molecular weight excluding hydrogens is 341 g/mol. The quantitative estimate of drug-likeness (QED) is 0.833. The summed E-state index contributed by atoms with van der Waals surface area (Å²) in [5, 5.41) is 20.4. The molecule has 1 aliphatic rings. The first kappa shape index (κ1) is 18.1. The molecule has 0 bridgehead atoms. The second-order valence-electron chi connectivity index (χ2n) is 6.42. The maximum atomic E-state index is 13.5. The van der Waals surface area contributed by atoms with Gasteiger partial charge in [-0.3, -0.25) is 4.79 Å². The zero-order valence-corrected chi connectivity index (χ0v) is 14.3. The number of aromatic nitrogens is 2. The summed E-state index contributed by atoms with van der Waals surface area (Å²) in [5.74, 6) is -0.714. The van der Waals surface area contributed by atoms with E-state index < -0.39 is 23.3 Å². The molecule has 1 fully saturated rings. The minimum absolute atomic E-state index is 0.00785. The second-order valence-corrected chi connectivity index (χ2v) is 6.42. The van der Waals surface area contributed by atoms with E-state index >= 15 is 0 Å². The second kappa shape index (κ2) is 7.25. The van der Waals surface area contributed by atoms with Crippen molar-refractivity contribution in [2.75, 3.05) is 25.1 Å². The first-order valence-corrected chi connectivity index (χ1v) is 8.21. The van der Waals surface area contributed by atoms with Crippen molar-refractivity contribution in [3.8, 4) is 5.75 Å². The highest BCUT2D eigenvalue weighted by atomic mass is 19.1. The molecule has 138 valence electrons. The predicted octanol–water partition coefficient (Wildman–Crippen LogP) is 1.51. The molecule has 0 amide bonds.